The molecular weight excluding hydrogens is 898 g/mol. The van der Waals surface area contributed by atoms with Gasteiger partial charge >= 0.3 is 30.0 Å². The lowest BCUT2D eigenvalue weighted by atomic mass is 9.72. The van der Waals surface area contributed by atoms with Crippen molar-refractivity contribution in [1.82, 2.24) is 20.3 Å². The number of carbonyl (C=O) groups is 6. The Hall–Kier alpha value is -5.68. The minimum absolute atomic E-state index is 0.0341. The van der Waals surface area contributed by atoms with Gasteiger partial charge in [-0.2, -0.15) is 0 Å². The van der Waals surface area contributed by atoms with E-state index in [1.54, 1.807) is 44.2 Å². The highest BCUT2D eigenvalue weighted by atomic mass is 35.5. The first-order valence-corrected chi connectivity index (χ1v) is 21.7. The average molecular weight is 952 g/mol. The molecule has 4 amide bonds. The Balaban J connectivity index is 1.38. The van der Waals surface area contributed by atoms with Crippen LogP contribution in [0.3, 0.4) is 0 Å². The van der Waals surface area contributed by atoms with Gasteiger partial charge in [-0.3, -0.25) is 10.1 Å². The normalized spacial score (nSPS) is 26.6. The molecule has 2 saturated heterocycles. The highest BCUT2D eigenvalue weighted by molar-refractivity contribution is 8.00. The number of carboxylic acid groups (broad SMARTS) is 1. The van der Waals surface area contributed by atoms with Gasteiger partial charge in [0.25, 0.3) is 0 Å². The van der Waals surface area contributed by atoms with Gasteiger partial charge in [0.2, 0.25) is 17.7 Å². The fraction of sp³-hybridized carbons (Fsp3) is 0.524. The third kappa shape index (κ3) is 11.4. The van der Waals surface area contributed by atoms with Crippen LogP contribution in [0.2, 0.25) is 5.02 Å². The molecule has 356 valence electrons. The van der Waals surface area contributed by atoms with E-state index in [-0.39, 0.29) is 23.6 Å². The average Bonchev–Trinajstić information content (AvgIpc) is 3.54. The number of aromatic nitrogens is 1. The summed E-state index contributed by atoms with van der Waals surface area (Å²) in [5.41, 5.74) is -2.75. The molecule has 1 aromatic heterocycles. The number of hydrogen-bond acceptors (Lipinski definition) is 16. The number of aromatic hydroxyl groups is 2. The van der Waals surface area contributed by atoms with E-state index in [0.29, 0.717) is 22.6 Å². The number of ether oxygens (including phenoxy) is 5. The highest BCUT2D eigenvalue weighted by Gasteiger charge is 2.63. The van der Waals surface area contributed by atoms with Gasteiger partial charge in [0.15, 0.2) is 5.72 Å². The van der Waals surface area contributed by atoms with E-state index < -0.39 is 107 Å². The smallest absolute Gasteiger partial charge is 0.409 e. The van der Waals surface area contributed by atoms with Crippen LogP contribution in [0.15, 0.2) is 48.1 Å². The summed E-state index contributed by atoms with van der Waals surface area (Å²) in [4.78, 5) is 85.9. The second kappa shape index (κ2) is 20.2. The molecule has 23 heteroatoms. The molecule has 0 spiro atoms. The van der Waals surface area contributed by atoms with Crippen LogP contribution >= 0.6 is 23.4 Å². The molecular formula is C42H54ClN5O16S. The molecule has 0 aliphatic carbocycles. The maximum absolute atomic E-state index is 14.3. The van der Waals surface area contributed by atoms with Gasteiger partial charge in [-0.25, -0.2) is 24.0 Å². The Bertz CT molecular complexity index is 2210. The highest BCUT2D eigenvalue weighted by Crippen LogP contribution is 2.50. The van der Waals surface area contributed by atoms with Gasteiger partial charge in [0.05, 0.1) is 25.0 Å². The number of thioether (sulfide) groups is 1. The van der Waals surface area contributed by atoms with Gasteiger partial charge in [-0.05, 0) is 51.8 Å². The monoisotopic (exact) mass is 951 g/mol. The summed E-state index contributed by atoms with van der Waals surface area (Å²) in [5, 5.41) is 45.9. The number of halogens is 1. The lowest BCUT2D eigenvalue weighted by Crippen LogP contribution is -2.72. The molecule has 0 saturated carbocycles. The van der Waals surface area contributed by atoms with Gasteiger partial charge in [-0.1, -0.05) is 35.4 Å². The summed E-state index contributed by atoms with van der Waals surface area (Å²) in [7, 11) is 5.53. The fourth-order valence-electron chi connectivity index (χ4n) is 7.78. The minimum atomic E-state index is -1.94. The van der Waals surface area contributed by atoms with E-state index in [0.717, 1.165) is 39.9 Å². The van der Waals surface area contributed by atoms with E-state index in [9.17, 15) is 49.2 Å². The Morgan fingerprint density at radius 3 is 2.40 bits per heavy atom. The second-order valence-electron chi connectivity index (χ2n) is 16.4. The molecule has 0 radical (unpaired) electrons. The van der Waals surface area contributed by atoms with Gasteiger partial charge in [0, 0.05) is 51.9 Å². The molecule has 8 unspecified atom stereocenters. The molecule has 65 heavy (non-hydrogen) atoms. The molecule has 1 aromatic carbocycles. The third-order valence-corrected chi connectivity index (χ3v) is 12.8. The first kappa shape index (κ1) is 50.3. The van der Waals surface area contributed by atoms with Crippen molar-refractivity contribution >= 4 is 65.0 Å². The number of methoxy groups -OCH3 is 2. The Kier molecular flexibility index (Phi) is 15.7. The molecule has 6 rings (SSSR count). The Morgan fingerprint density at radius 1 is 1.12 bits per heavy atom. The number of rotatable bonds is 12. The summed E-state index contributed by atoms with van der Waals surface area (Å²) in [6.07, 6.45) is 0.475. The van der Waals surface area contributed by atoms with E-state index in [4.69, 9.17) is 40.1 Å². The number of fused-ring (bicyclic) bond motifs is 6. The van der Waals surface area contributed by atoms with Crippen LogP contribution in [0.5, 0.6) is 17.5 Å². The van der Waals surface area contributed by atoms with Crippen LogP contribution in [0, 0.1) is 0 Å². The maximum Gasteiger partial charge on any atom is 0.409 e. The third-order valence-electron chi connectivity index (χ3n) is 11.5. The van der Waals surface area contributed by atoms with Crippen LogP contribution in [-0.4, -0.2) is 153 Å². The number of esters is 1. The molecule has 4 aliphatic heterocycles. The number of carboxylic acids is 1. The maximum atomic E-state index is 14.3. The summed E-state index contributed by atoms with van der Waals surface area (Å²) in [5.74, 6) is -5.54. The molecule has 8 atom stereocenters. The molecule has 21 nitrogen and oxygen atoms in total. The van der Waals surface area contributed by atoms with Crippen LogP contribution in [0.4, 0.5) is 15.3 Å². The summed E-state index contributed by atoms with van der Waals surface area (Å²) >= 11 is 7.53. The zero-order valence-corrected chi connectivity index (χ0v) is 38.6. The molecule has 2 aromatic rings. The van der Waals surface area contributed by atoms with Crippen LogP contribution in [-0.2, 0) is 44.5 Å². The second-order valence-corrected chi connectivity index (χ2v) is 17.9. The number of benzene rings is 1. The molecule has 5 heterocycles. The van der Waals surface area contributed by atoms with Crippen LogP contribution in [0.25, 0.3) is 0 Å². The van der Waals surface area contributed by atoms with Gasteiger partial charge in [0.1, 0.15) is 52.4 Å². The number of carbonyl (C=O) groups excluding carboxylic acids is 5. The number of urea groups is 1. The van der Waals surface area contributed by atoms with Crippen molar-refractivity contribution in [1.29, 1.82) is 0 Å². The van der Waals surface area contributed by atoms with Crippen molar-refractivity contribution in [3.8, 4) is 17.5 Å². The van der Waals surface area contributed by atoms with E-state index in [1.807, 2.05) is 6.92 Å². The number of alkyl carbamates (subject to hydrolysis) is 1. The van der Waals surface area contributed by atoms with Crippen molar-refractivity contribution in [2.24, 2.45) is 0 Å². The van der Waals surface area contributed by atoms with Crippen molar-refractivity contribution < 1.29 is 77.7 Å². The summed E-state index contributed by atoms with van der Waals surface area (Å²) < 4.78 is 29.8. The Morgan fingerprint density at radius 2 is 1.78 bits per heavy atom. The lowest BCUT2D eigenvalue weighted by Gasteiger charge is -2.59. The number of amides is 4. The first-order valence-electron chi connectivity index (χ1n) is 20.2. The van der Waals surface area contributed by atoms with Gasteiger partial charge in [-0.15, -0.1) is 16.5 Å². The topological polar surface area (TPSA) is 274 Å². The lowest BCUT2D eigenvalue weighted by molar-refractivity contribution is -0.328. The predicted octanol–water partition coefficient (Wildman–Crippen LogP) is 2.90. The molecule has 6 bridgehead atoms. The van der Waals surface area contributed by atoms with E-state index >= 15 is 0 Å². The number of aliphatic hydroxyl groups is 1. The van der Waals surface area contributed by atoms with Crippen LogP contribution in [0.1, 0.15) is 52.5 Å². The fourth-order valence-corrected chi connectivity index (χ4v) is 8.89. The van der Waals surface area contributed by atoms with Crippen LogP contribution < -0.4 is 25.1 Å². The minimum Gasteiger partial charge on any atom is -0.495 e. The largest absolute Gasteiger partial charge is 0.495 e. The number of anilines is 1. The standard InChI is InChI=1S/C42H54ClN5O16S/c1-22-10-9-11-28(60-8)42(58)18-30(62-39(57)45-42)41(4)21-40(3,64-41)29(17-33(51)47(6)26-15-24(14-22)16-27(59-7)35(26)43)61-37(55)23(2)46(5)38(56)44-25(36(53)54)19-65-20-34(52)63-48-31(49)12-13-32(48)50/h9-13,15-16,23,25,28-30,49-50,58H,14,17-21H2,1-8H3,(H,44,56)(H,45,57)(H,53,54). The Labute approximate surface area is 383 Å². The van der Waals surface area contributed by atoms with E-state index in [2.05, 4.69) is 10.6 Å². The van der Waals surface area contributed by atoms with Crippen molar-refractivity contribution in [2.75, 3.05) is 44.7 Å². The summed E-state index contributed by atoms with van der Waals surface area (Å²) in [6, 6.07) is 1.68. The first-order chi connectivity index (χ1) is 30.4. The predicted molar refractivity (Wildman–Crippen MR) is 233 cm³/mol. The summed E-state index contributed by atoms with van der Waals surface area (Å²) in [6.45, 7) is 6.44. The zero-order valence-electron chi connectivity index (χ0n) is 37.0. The molecule has 6 N–H and O–H groups in total. The number of allylic oxidation sites excluding steroid dienone is 3. The van der Waals surface area contributed by atoms with Crippen molar-refractivity contribution in [3.63, 3.8) is 0 Å². The quantitative estimate of drug-likeness (QED) is 0.167. The molecule has 2 fully saturated rings. The van der Waals surface area contributed by atoms with Gasteiger partial charge < -0.3 is 64.1 Å². The SMILES string of the molecule is COc1cc2cc(c1Cl)N(C)C(=O)CC(OC(=O)C(C)N(C)C(=O)NC(CSCC(=O)On1c(O)ccc1O)C(=O)O)C1(C)CC(C)(O1)C1CC(O)(NC(=O)O1)C(OC)C=CC=C(C)C2. The zero-order chi connectivity index (χ0) is 48.2. The number of nitrogens with one attached hydrogen (secondary N) is 2. The number of nitrogens with zero attached hydrogens (tertiary/aromatic N) is 3. The molecule has 4 aliphatic rings. The van der Waals surface area contributed by atoms with Crippen molar-refractivity contribution in [3.05, 3.63) is 58.7 Å². The number of aliphatic carboxylic acids is 1. The van der Waals surface area contributed by atoms with Crippen molar-refractivity contribution in [2.45, 2.75) is 101 Å². The van der Waals surface area contributed by atoms with E-state index in [1.165, 1.54) is 40.1 Å². The number of likely N-dealkylation sites (N-methyl/N-ethyl adjacent to an activating group) is 1. The number of hydrogen-bond donors (Lipinski definition) is 6.